The number of amides is 1. The van der Waals surface area contributed by atoms with Gasteiger partial charge in [0.05, 0.1) is 7.11 Å². The molecule has 3 rings (SSSR count). The zero-order valence-electron chi connectivity index (χ0n) is 18.7. The highest BCUT2D eigenvalue weighted by Crippen LogP contribution is 2.22. The number of nitrogens with one attached hydrogen (secondary N) is 2. The molecule has 8 heteroatoms. The zero-order chi connectivity index (χ0) is 22.1. The summed E-state index contributed by atoms with van der Waals surface area (Å²) in [6.45, 7) is 3.00. The van der Waals surface area contributed by atoms with Crippen LogP contribution in [0.4, 0.5) is 0 Å². The Morgan fingerprint density at radius 2 is 1.91 bits per heavy atom. The Labute approximate surface area is 212 Å². The van der Waals surface area contributed by atoms with E-state index in [0.29, 0.717) is 24.1 Å². The van der Waals surface area contributed by atoms with Crippen LogP contribution in [0, 0.1) is 0 Å². The molecule has 32 heavy (non-hydrogen) atoms. The third-order valence-corrected chi connectivity index (χ3v) is 5.80. The van der Waals surface area contributed by atoms with Gasteiger partial charge in [0.2, 0.25) is 0 Å². The van der Waals surface area contributed by atoms with Gasteiger partial charge in [-0.1, -0.05) is 29.8 Å². The lowest BCUT2D eigenvalue weighted by Gasteiger charge is -2.26. The number of hydrogen-bond donors (Lipinski definition) is 2. The minimum Gasteiger partial charge on any atom is -0.497 e. The van der Waals surface area contributed by atoms with E-state index in [1.165, 1.54) is 6.42 Å². The van der Waals surface area contributed by atoms with E-state index in [4.69, 9.17) is 16.3 Å². The monoisotopic (exact) mass is 570 g/mol. The lowest BCUT2D eigenvalue weighted by Crippen LogP contribution is -2.38. The Kier molecular flexibility index (Phi) is 11.1. The molecule has 1 aliphatic rings. The third kappa shape index (κ3) is 7.55. The minimum absolute atomic E-state index is 0. The first-order valence-electron chi connectivity index (χ1n) is 10.8. The Bertz CT molecular complexity index is 917. The highest BCUT2D eigenvalue weighted by atomic mass is 127. The SMILES string of the molecule is CN=C(NCCc1ccc(OC)cc1Cl)NCc1cccc(C(=O)N2CCCCC2)c1.I. The number of ether oxygens (including phenoxy) is 1. The van der Waals surface area contributed by atoms with E-state index in [1.807, 2.05) is 47.4 Å². The van der Waals surface area contributed by atoms with Gasteiger partial charge in [0.25, 0.3) is 5.91 Å². The fourth-order valence-electron chi connectivity index (χ4n) is 3.67. The van der Waals surface area contributed by atoms with Crippen LogP contribution in [0.25, 0.3) is 0 Å². The van der Waals surface area contributed by atoms with Crippen LogP contribution in [-0.4, -0.2) is 50.6 Å². The van der Waals surface area contributed by atoms with Crippen molar-refractivity contribution in [3.8, 4) is 5.75 Å². The van der Waals surface area contributed by atoms with Gasteiger partial charge in [-0.25, -0.2) is 0 Å². The van der Waals surface area contributed by atoms with Crippen molar-refractivity contribution in [3.05, 3.63) is 64.2 Å². The molecule has 1 saturated heterocycles. The summed E-state index contributed by atoms with van der Waals surface area (Å²) in [6, 6.07) is 13.5. The molecule has 6 nitrogen and oxygen atoms in total. The number of guanidine groups is 1. The summed E-state index contributed by atoms with van der Waals surface area (Å²) in [6.07, 6.45) is 4.17. The van der Waals surface area contributed by atoms with Gasteiger partial charge in [-0.2, -0.15) is 0 Å². The fraction of sp³-hybridized carbons (Fsp3) is 0.417. The van der Waals surface area contributed by atoms with Crippen molar-refractivity contribution in [1.82, 2.24) is 15.5 Å². The number of benzene rings is 2. The van der Waals surface area contributed by atoms with Crippen LogP contribution >= 0.6 is 35.6 Å². The van der Waals surface area contributed by atoms with Gasteiger partial charge in [0.15, 0.2) is 5.96 Å². The van der Waals surface area contributed by atoms with Gasteiger partial charge in [0, 0.05) is 43.8 Å². The molecule has 2 N–H and O–H groups in total. The first-order valence-corrected chi connectivity index (χ1v) is 11.1. The van der Waals surface area contributed by atoms with Gasteiger partial charge in [-0.05, 0) is 61.1 Å². The molecule has 0 atom stereocenters. The van der Waals surface area contributed by atoms with E-state index < -0.39 is 0 Å². The van der Waals surface area contributed by atoms with E-state index >= 15 is 0 Å². The van der Waals surface area contributed by atoms with Crippen molar-refractivity contribution in [2.24, 2.45) is 4.99 Å². The van der Waals surface area contributed by atoms with Gasteiger partial charge in [-0.15, -0.1) is 24.0 Å². The quantitative estimate of drug-likeness (QED) is 0.292. The molecule has 2 aromatic rings. The molecule has 174 valence electrons. The molecule has 0 spiro atoms. The normalized spacial score (nSPS) is 13.8. The maximum Gasteiger partial charge on any atom is 0.253 e. The molecule has 0 radical (unpaired) electrons. The summed E-state index contributed by atoms with van der Waals surface area (Å²) < 4.78 is 5.19. The lowest BCUT2D eigenvalue weighted by atomic mass is 10.1. The number of carbonyl (C=O) groups excluding carboxylic acids is 1. The first-order chi connectivity index (χ1) is 15.1. The van der Waals surface area contributed by atoms with Crippen LogP contribution in [0.5, 0.6) is 5.75 Å². The van der Waals surface area contributed by atoms with Gasteiger partial charge >= 0.3 is 0 Å². The van der Waals surface area contributed by atoms with E-state index in [2.05, 4.69) is 15.6 Å². The van der Waals surface area contributed by atoms with Crippen molar-refractivity contribution in [1.29, 1.82) is 0 Å². The maximum absolute atomic E-state index is 12.7. The molecule has 0 aliphatic carbocycles. The predicted octanol–water partition coefficient (Wildman–Crippen LogP) is 4.50. The number of methoxy groups -OCH3 is 1. The smallest absolute Gasteiger partial charge is 0.253 e. The molecule has 0 aromatic heterocycles. The molecule has 0 bridgehead atoms. The fourth-order valence-corrected chi connectivity index (χ4v) is 3.94. The summed E-state index contributed by atoms with van der Waals surface area (Å²) in [7, 11) is 3.37. The molecule has 2 aromatic carbocycles. The topological polar surface area (TPSA) is 66.0 Å². The van der Waals surface area contributed by atoms with Crippen molar-refractivity contribution < 1.29 is 9.53 Å². The highest BCUT2D eigenvalue weighted by molar-refractivity contribution is 14.0. The summed E-state index contributed by atoms with van der Waals surface area (Å²) >= 11 is 6.31. The highest BCUT2D eigenvalue weighted by Gasteiger charge is 2.18. The zero-order valence-corrected chi connectivity index (χ0v) is 21.8. The van der Waals surface area contributed by atoms with Crippen LogP contribution in [-0.2, 0) is 13.0 Å². The largest absolute Gasteiger partial charge is 0.497 e. The number of piperidine rings is 1. The Balaban J connectivity index is 0.00000363. The Hall–Kier alpha value is -2.00. The van der Waals surface area contributed by atoms with Crippen LogP contribution in [0.2, 0.25) is 5.02 Å². The molecule has 1 aliphatic heterocycles. The average molecular weight is 571 g/mol. The second-order valence-electron chi connectivity index (χ2n) is 7.61. The second kappa shape index (κ2) is 13.5. The second-order valence-corrected chi connectivity index (χ2v) is 8.02. The average Bonchev–Trinajstić information content (AvgIpc) is 2.82. The standard InChI is InChI=1S/C24H31ClN4O2.HI/c1-26-24(27-12-11-19-9-10-21(31-2)16-22(19)25)28-17-18-7-6-8-20(15-18)23(30)29-13-4-3-5-14-29;/h6-10,15-16H,3-5,11-14,17H2,1-2H3,(H2,26,27,28);1H. The van der Waals surface area contributed by atoms with Crippen LogP contribution < -0.4 is 15.4 Å². The summed E-state index contributed by atoms with van der Waals surface area (Å²) in [4.78, 5) is 19.0. The predicted molar refractivity (Wildman–Crippen MR) is 142 cm³/mol. The van der Waals surface area contributed by atoms with Crippen molar-refractivity contribution in [2.75, 3.05) is 33.8 Å². The molecule has 0 unspecified atom stereocenters. The van der Waals surface area contributed by atoms with Crippen molar-refractivity contribution in [2.45, 2.75) is 32.2 Å². The molecule has 1 heterocycles. The summed E-state index contributed by atoms with van der Waals surface area (Å²) in [5.74, 6) is 1.58. The molecule has 0 saturated carbocycles. The minimum atomic E-state index is 0. The Morgan fingerprint density at radius 3 is 2.59 bits per heavy atom. The van der Waals surface area contributed by atoms with E-state index in [-0.39, 0.29) is 29.9 Å². The number of hydrogen-bond acceptors (Lipinski definition) is 3. The molecule has 1 fully saturated rings. The lowest BCUT2D eigenvalue weighted by molar-refractivity contribution is 0.0724. The van der Waals surface area contributed by atoms with E-state index in [9.17, 15) is 4.79 Å². The summed E-state index contributed by atoms with van der Waals surface area (Å²) in [5, 5.41) is 7.31. The van der Waals surface area contributed by atoms with Crippen molar-refractivity contribution in [3.63, 3.8) is 0 Å². The van der Waals surface area contributed by atoms with Crippen LogP contribution in [0.3, 0.4) is 0 Å². The number of nitrogens with zero attached hydrogens (tertiary/aromatic N) is 2. The number of carbonyl (C=O) groups is 1. The number of aliphatic imine (C=N–C) groups is 1. The third-order valence-electron chi connectivity index (χ3n) is 5.45. The van der Waals surface area contributed by atoms with Gasteiger partial charge in [-0.3, -0.25) is 9.79 Å². The number of rotatable bonds is 7. The van der Waals surface area contributed by atoms with Crippen LogP contribution in [0.1, 0.15) is 40.7 Å². The maximum atomic E-state index is 12.7. The summed E-state index contributed by atoms with van der Waals surface area (Å²) in [5.41, 5.74) is 2.84. The van der Waals surface area contributed by atoms with Crippen LogP contribution in [0.15, 0.2) is 47.5 Å². The Morgan fingerprint density at radius 1 is 1.12 bits per heavy atom. The molecular formula is C24H32ClIN4O2. The number of halogens is 2. The van der Waals surface area contributed by atoms with E-state index in [0.717, 1.165) is 54.8 Å². The van der Waals surface area contributed by atoms with Gasteiger partial charge < -0.3 is 20.3 Å². The van der Waals surface area contributed by atoms with Crippen molar-refractivity contribution >= 4 is 47.4 Å². The van der Waals surface area contributed by atoms with E-state index in [1.54, 1.807) is 14.2 Å². The molecule has 1 amide bonds. The van der Waals surface area contributed by atoms with Gasteiger partial charge in [0.1, 0.15) is 5.75 Å². The molecular weight excluding hydrogens is 539 g/mol. The first kappa shape index (κ1) is 26.3. The number of likely N-dealkylation sites (tertiary alicyclic amines) is 1.